The fourth-order valence-corrected chi connectivity index (χ4v) is 2.09. The largest absolute Gasteiger partial charge is 0.279 e. The van der Waals surface area contributed by atoms with Gasteiger partial charge in [-0.3, -0.25) is 9.89 Å². The van der Waals surface area contributed by atoms with E-state index in [1.807, 2.05) is 0 Å². The van der Waals surface area contributed by atoms with Crippen LogP contribution in [0.3, 0.4) is 0 Å². The number of fused-ring (bicyclic) bond motifs is 1. The molecule has 0 saturated heterocycles. The van der Waals surface area contributed by atoms with Crippen LogP contribution < -0.4 is 5.56 Å². The van der Waals surface area contributed by atoms with Crippen LogP contribution in [0.1, 0.15) is 11.1 Å². The lowest BCUT2D eigenvalue weighted by atomic mass is 10.1. The zero-order valence-corrected chi connectivity index (χ0v) is 10.4. The number of halogens is 2. The standard InChI is InChI=1S/C12H8ClFN4O/c13-10-9(5-7-2-1-3-8(14)4-7)11(19)18-12(17-10)15-6-16-18/h1-4,6H,5H2,(H,15,16,17). The maximum atomic E-state index is 13.1. The molecule has 0 unspecified atom stereocenters. The van der Waals surface area contributed by atoms with Gasteiger partial charge in [-0.15, -0.1) is 0 Å². The van der Waals surface area contributed by atoms with Crippen molar-refractivity contribution in [2.75, 3.05) is 0 Å². The number of hydrogen-bond donors (Lipinski definition) is 1. The van der Waals surface area contributed by atoms with Crippen LogP contribution in [0.25, 0.3) is 5.78 Å². The van der Waals surface area contributed by atoms with Crippen molar-refractivity contribution in [2.24, 2.45) is 0 Å². The molecule has 2 heterocycles. The highest BCUT2D eigenvalue weighted by molar-refractivity contribution is 6.30. The summed E-state index contributed by atoms with van der Waals surface area (Å²) in [5, 5.41) is 2.74. The molecule has 0 aliphatic heterocycles. The van der Waals surface area contributed by atoms with Crippen molar-refractivity contribution in [3.05, 3.63) is 63.0 Å². The maximum Gasteiger partial charge on any atom is 0.279 e. The van der Waals surface area contributed by atoms with E-state index in [-0.39, 0.29) is 28.7 Å². The molecular weight excluding hydrogens is 271 g/mol. The van der Waals surface area contributed by atoms with Crippen molar-refractivity contribution < 1.29 is 4.39 Å². The second-order valence-corrected chi connectivity index (χ2v) is 4.37. The van der Waals surface area contributed by atoms with Gasteiger partial charge in [0, 0.05) is 6.42 Å². The number of aromatic nitrogens is 4. The van der Waals surface area contributed by atoms with Gasteiger partial charge in [0.15, 0.2) is 0 Å². The third kappa shape index (κ3) is 2.10. The summed E-state index contributed by atoms with van der Waals surface area (Å²) < 4.78 is 14.3. The second kappa shape index (κ2) is 4.47. The van der Waals surface area contributed by atoms with Crippen molar-refractivity contribution in [2.45, 2.75) is 6.42 Å². The molecule has 1 aromatic carbocycles. The van der Waals surface area contributed by atoms with Gasteiger partial charge in [-0.05, 0) is 17.7 Å². The highest BCUT2D eigenvalue weighted by Crippen LogP contribution is 2.15. The molecule has 0 fully saturated rings. The Labute approximate surface area is 111 Å². The lowest BCUT2D eigenvalue weighted by Crippen LogP contribution is -2.21. The van der Waals surface area contributed by atoms with E-state index in [1.54, 1.807) is 12.1 Å². The number of benzene rings is 1. The number of H-pyrrole nitrogens is 1. The minimum Gasteiger partial charge on any atom is -0.278 e. The van der Waals surface area contributed by atoms with Crippen LogP contribution in [0.4, 0.5) is 4.39 Å². The Morgan fingerprint density at radius 2 is 2.26 bits per heavy atom. The highest BCUT2D eigenvalue weighted by atomic mass is 35.5. The summed E-state index contributed by atoms with van der Waals surface area (Å²) in [6.07, 6.45) is 1.57. The van der Waals surface area contributed by atoms with Gasteiger partial charge >= 0.3 is 0 Å². The summed E-state index contributed by atoms with van der Waals surface area (Å²) in [5.41, 5.74) is 0.617. The Balaban J connectivity index is 2.12. The molecule has 2 aromatic heterocycles. The van der Waals surface area contributed by atoms with Crippen molar-refractivity contribution in [3.63, 3.8) is 0 Å². The van der Waals surface area contributed by atoms with Crippen molar-refractivity contribution in [1.29, 1.82) is 0 Å². The summed E-state index contributed by atoms with van der Waals surface area (Å²) in [6, 6.07) is 6.00. The number of rotatable bonds is 2. The van der Waals surface area contributed by atoms with Gasteiger partial charge in [0.25, 0.3) is 11.3 Å². The van der Waals surface area contributed by atoms with E-state index in [9.17, 15) is 9.18 Å². The Hall–Kier alpha value is -2.21. The molecule has 0 spiro atoms. The summed E-state index contributed by atoms with van der Waals surface area (Å²) in [4.78, 5) is 20.0. The zero-order valence-electron chi connectivity index (χ0n) is 9.60. The molecule has 0 bridgehead atoms. The number of nitrogens with one attached hydrogen (secondary N) is 1. The second-order valence-electron chi connectivity index (χ2n) is 4.02. The van der Waals surface area contributed by atoms with E-state index in [1.165, 1.54) is 23.0 Å². The number of nitrogens with zero attached hydrogens (tertiary/aromatic N) is 3. The van der Waals surface area contributed by atoms with Gasteiger partial charge in [-0.25, -0.2) is 9.37 Å². The first-order valence-corrected chi connectivity index (χ1v) is 5.88. The van der Waals surface area contributed by atoms with Crippen molar-refractivity contribution >= 4 is 17.4 Å². The lowest BCUT2D eigenvalue weighted by molar-refractivity contribution is 0.626. The molecule has 7 heteroatoms. The van der Waals surface area contributed by atoms with Crippen LogP contribution in [0.2, 0.25) is 5.15 Å². The molecule has 0 saturated carbocycles. The van der Waals surface area contributed by atoms with Crippen LogP contribution in [-0.2, 0) is 6.42 Å². The van der Waals surface area contributed by atoms with Crippen LogP contribution in [0, 0.1) is 5.82 Å². The summed E-state index contributed by atoms with van der Waals surface area (Å²) >= 11 is 5.98. The SMILES string of the molecule is O=c1c(Cc2cccc(F)c2)c(Cl)nc2nc[nH]n12. The van der Waals surface area contributed by atoms with Gasteiger partial charge in [-0.1, -0.05) is 23.7 Å². The molecule has 5 nitrogen and oxygen atoms in total. The van der Waals surface area contributed by atoms with E-state index in [0.717, 1.165) is 0 Å². The first-order chi connectivity index (χ1) is 9.15. The smallest absolute Gasteiger partial charge is 0.278 e. The average molecular weight is 279 g/mol. The van der Waals surface area contributed by atoms with Gasteiger partial charge in [0.05, 0.1) is 5.56 Å². The molecule has 0 radical (unpaired) electrons. The minimum atomic E-state index is -0.357. The molecule has 96 valence electrons. The number of hydrogen-bond acceptors (Lipinski definition) is 3. The highest BCUT2D eigenvalue weighted by Gasteiger charge is 2.13. The van der Waals surface area contributed by atoms with E-state index in [2.05, 4.69) is 15.1 Å². The molecule has 3 rings (SSSR count). The topological polar surface area (TPSA) is 63.0 Å². The van der Waals surface area contributed by atoms with Gasteiger partial charge in [0.2, 0.25) is 0 Å². The Morgan fingerprint density at radius 3 is 3.05 bits per heavy atom. The number of aromatic amines is 1. The monoisotopic (exact) mass is 278 g/mol. The van der Waals surface area contributed by atoms with E-state index in [0.29, 0.717) is 11.1 Å². The van der Waals surface area contributed by atoms with Crippen molar-refractivity contribution in [1.82, 2.24) is 19.6 Å². The lowest BCUT2D eigenvalue weighted by Gasteiger charge is -2.04. The average Bonchev–Trinajstić information content (AvgIpc) is 2.83. The summed E-state index contributed by atoms with van der Waals surface area (Å²) in [5.74, 6) is -0.151. The molecule has 0 aliphatic carbocycles. The molecule has 0 atom stereocenters. The Morgan fingerprint density at radius 1 is 1.42 bits per heavy atom. The molecule has 1 N–H and O–H groups in total. The van der Waals surface area contributed by atoms with Crippen molar-refractivity contribution in [3.8, 4) is 0 Å². The van der Waals surface area contributed by atoms with Crippen LogP contribution in [0.5, 0.6) is 0 Å². The summed E-state index contributed by atoms with van der Waals surface area (Å²) in [7, 11) is 0. The molecule has 3 aromatic rings. The normalized spacial score (nSPS) is 11.1. The molecule has 0 aliphatic rings. The van der Waals surface area contributed by atoms with Crippen LogP contribution in [-0.4, -0.2) is 19.6 Å². The first kappa shape index (κ1) is 11.9. The fraction of sp³-hybridized carbons (Fsp3) is 0.0833. The van der Waals surface area contributed by atoms with E-state index < -0.39 is 0 Å². The van der Waals surface area contributed by atoms with Crippen LogP contribution >= 0.6 is 11.6 Å². The predicted octanol–water partition coefficient (Wildman–Crippen LogP) is 1.80. The maximum absolute atomic E-state index is 13.1. The minimum absolute atomic E-state index is 0.0846. The molecule has 0 amide bonds. The van der Waals surface area contributed by atoms with Gasteiger partial charge in [-0.2, -0.15) is 9.50 Å². The summed E-state index contributed by atoms with van der Waals surface area (Å²) in [6.45, 7) is 0. The van der Waals surface area contributed by atoms with Gasteiger partial charge < -0.3 is 0 Å². The third-order valence-electron chi connectivity index (χ3n) is 2.75. The molecule has 19 heavy (non-hydrogen) atoms. The van der Waals surface area contributed by atoms with E-state index in [4.69, 9.17) is 11.6 Å². The fourth-order valence-electron chi connectivity index (χ4n) is 1.87. The third-order valence-corrected chi connectivity index (χ3v) is 3.06. The quantitative estimate of drug-likeness (QED) is 0.727. The molecular formula is C12H8ClFN4O. The zero-order chi connectivity index (χ0) is 13.4. The van der Waals surface area contributed by atoms with E-state index >= 15 is 0 Å². The Bertz CT molecular complexity index is 811. The van der Waals surface area contributed by atoms with Crippen LogP contribution in [0.15, 0.2) is 35.4 Å². The Kier molecular flexibility index (Phi) is 2.79. The predicted molar refractivity (Wildman–Crippen MR) is 67.8 cm³/mol. The first-order valence-electron chi connectivity index (χ1n) is 5.50. The van der Waals surface area contributed by atoms with Gasteiger partial charge in [0.1, 0.15) is 17.3 Å².